The van der Waals surface area contributed by atoms with Gasteiger partial charge in [0.15, 0.2) is 5.76 Å². The fourth-order valence-electron chi connectivity index (χ4n) is 3.59. The highest BCUT2D eigenvalue weighted by molar-refractivity contribution is 5.99. The van der Waals surface area contributed by atoms with Gasteiger partial charge < -0.3 is 14.5 Å². The SMILES string of the molecule is Cc1ccc(-c2oncc2C(=O)N2CCC(O)(c3ccccc3)CC2)cc1. The van der Waals surface area contributed by atoms with Crippen molar-refractivity contribution >= 4 is 5.91 Å². The van der Waals surface area contributed by atoms with Gasteiger partial charge in [0.2, 0.25) is 0 Å². The van der Waals surface area contributed by atoms with Crippen LogP contribution in [0.25, 0.3) is 11.3 Å². The Balaban J connectivity index is 1.51. The van der Waals surface area contributed by atoms with Crippen molar-refractivity contribution in [2.24, 2.45) is 0 Å². The van der Waals surface area contributed by atoms with Crippen LogP contribution in [-0.2, 0) is 5.60 Å². The lowest BCUT2D eigenvalue weighted by molar-refractivity contribution is -0.0211. The molecule has 0 spiro atoms. The minimum absolute atomic E-state index is 0.109. The van der Waals surface area contributed by atoms with Gasteiger partial charge in [-0.1, -0.05) is 65.3 Å². The highest BCUT2D eigenvalue weighted by Gasteiger charge is 2.36. The summed E-state index contributed by atoms with van der Waals surface area (Å²) in [6, 6.07) is 17.5. The van der Waals surface area contributed by atoms with E-state index in [2.05, 4.69) is 5.16 Å². The summed E-state index contributed by atoms with van der Waals surface area (Å²) in [6.45, 7) is 2.99. The number of aromatic nitrogens is 1. The van der Waals surface area contributed by atoms with Gasteiger partial charge in [-0.05, 0) is 25.3 Å². The number of rotatable bonds is 3. The monoisotopic (exact) mass is 362 g/mol. The third kappa shape index (κ3) is 3.38. The molecule has 0 radical (unpaired) electrons. The number of amides is 1. The lowest BCUT2D eigenvalue weighted by Gasteiger charge is -2.38. The number of piperidine rings is 1. The van der Waals surface area contributed by atoms with Crippen molar-refractivity contribution in [2.45, 2.75) is 25.4 Å². The molecule has 5 heteroatoms. The number of carbonyl (C=O) groups is 1. The highest BCUT2D eigenvalue weighted by Crippen LogP contribution is 2.34. The summed E-state index contributed by atoms with van der Waals surface area (Å²) < 4.78 is 5.37. The molecule has 27 heavy (non-hydrogen) atoms. The zero-order chi connectivity index (χ0) is 18.9. The molecular formula is C22H22N2O3. The normalized spacial score (nSPS) is 16.3. The zero-order valence-corrected chi connectivity index (χ0v) is 15.3. The number of nitrogens with zero attached hydrogens (tertiary/aromatic N) is 2. The van der Waals surface area contributed by atoms with E-state index in [-0.39, 0.29) is 5.91 Å². The van der Waals surface area contributed by atoms with Gasteiger partial charge in [-0.25, -0.2) is 0 Å². The lowest BCUT2D eigenvalue weighted by atomic mass is 9.84. The summed E-state index contributed by atoms with van der Waals surface area (Å²) in [4.78, 5) is 14.8. The van der Waals surface area contributed by atoms with Crippen LogP contribution < -0.4 is 0 Å². The number of benzene rings is 2. The van der Waals surface area contributed by atoms with E-state index in [1.165, 1.54) is 6.20 Å². The van der Waals surface area contributed by atoms with E-state index in [4.69, 9.17) is 4.52 Å². The molecule has 138 valence electrons. The number of aliphatic hydroxyl groups is 1. The fourth-order valence-corrected chi connectivity index (χ4v) is 3.59. The number of hydrogen-bond acceptors (Lipinski definition) is 4. The predicted molar refractivity (Wildman–Crippen MR) is 102 cm³/mol. The van der Waals surface area contributed by atoms with E-state index in [1.807, 2.05) is 61.5 Å². The summed E-state index contributed by atoms with van der Waals surface area (Å²) in [7, 11) is 0. The van der Waals surface area contributed by atoms with Gasteiger partial charge >= 0.3 is 0 Å². The van der Waals surface area contributed by atoms with Gasteiger partial charge in [0.1, 0.15) is 5.56 Å². The molecule has 1 aliphatic rings. The van der Waals surface area contributed by atoms with Crippen molar-refractivity contribution in [1.29, 1.82) is 0 Å². The zero-order valence-electron chi connectivity index (χ0n) is 15.3. The van der Waals surface area contributed by atoms with Gasteiger partial charge in [-0.3, -0.25) is 4.79 Å². The molecule has 0 saturated carbocycles. The largest absolute Gasteiger partial charge is 0.385 e. The molecule has 1 aliphatic heterocycles. The lowest BCUT2D eigenvalue weighted by Crippen LogP contribution is -2.45. The van der Waals surface area contributed by atoms with E-state index in [0.29, 0.717) is 37.3 Å². The summed E-state index contributed by atoms with van der Waals surface area (Å²) in [5, 5.41) is 14.8. The maximum atomic E-state index is 13.0. The summed E-state index contributed by atoms with van der Waals surface area (Å²) in [5.41, 5.74) is 2.46. The third-order valence-electron chi connectivity index (χ3n) is 5.30. The van der Waals surface area contributed by atoms with Gasteiger partial charge in [0, 0.05) is 18.7 Å². The molecule has 1 saturated heterocycles. The average molecular weight is 362 g/mol. The molecule has 0 atom stereocenters. The van der Waals surface area contributed by atoms with E-state index in [1.54, 1.807) is 4.90 Å². The van der Waals surface area contributed by atoms with E-state index < -0.39 is 5.60 Å². The van der Waals surface area contributed by atoms with Gasteiger partial charge in [-0.15, -0.1) is 0 Å². The number of aryl methyl sites for hydroxylation is 1. The highest BCUT2D eigenvalue weighted by atomic mass is 16.5. The second-order valence-corrected chi connectivity index (χ2v) is 7.12. The van der Waals surface area contributed by atoms with Crippen LogP contribution >= 0.6 is 0 Å². The van der Waals surface area contributed by atoms with Crippen molar-refractivity contribution in [3.8, 4) is 11.3 Å². The van der Waals surface area contributed by atoms with Crippen LogP contribution in [0.2, 0.25) is 0 Å². The Kier molecular flexibility index (Phi) is 4.54. The quantitative estimate of drug-likeness (QED) is 0.770. The third-order valence-corrected chi connectivity index (χ3v) is 5.30. The molecule has 1 fully saturated rings. The van der Waals surface area contributed by atoms with Crippen molar-refractivity contribution in [3.63, 3.8) is 0 Å². The van der Waals surface area contributed by atoms with Crippen LogP contribution in [0.4, 0.5) is 0 Å². The van der Waals surface area contributed by atoms with Crippen LogP contribution in [0.1, 0.15) is 34.3 Å². The summed E-state index contributed by atoms with van der Waals surface area (Å²) >= 11 is 0. The van der Waals surface area contributed by atoms with Gasteiger partial charge in [-0.2, -0.15) is 0 Å². The van der Waals surface area contributed by atoms with Gasteiger partial charge in [0.05, 0.1) is 11.8 Å². The molecule has 4 rings (SSSR count). The number of hydrogen-bond donors (Lipinski definition) is 1. The van der Waals surface area contributed by atoms with E-state index in [9.17, 15) is 9.90 Å². The molecule has 1 aromatic heterocycles. The average Bonchev–Trinajstić information content (AvgIpc) is 3.19. The van der Waals surface area contributed by atoms with Crippen molar-refractivity contribution < 1.29 is 14.4 Å². The first-order chi connectivity index (χ1) is 13.1. The second kappa shape index (κ2) is 7.00. The Bertz CT molecular complexity index is 924. The molecule has 0 unspecified atom stereocenters. The maximum absolute atomic E-state index is 13.0. The van der Waals surface area contributed by atoms with Crippen LogP contribution in [-0.4, -0.2) is 34.2 Å². The molecule has 0 aliphatic carbocycles. The molecular weight excluding hydrogens is 340 g/mol. The van der Waals surface area contributed by atoms with Crippen LogP contribution in [0, 0.1) is 6.92 Å². The molecule has 1 amide bonds. The predicted octanol–water partition coefficient (Wildman–Crippen LogP) is 3.77. The smallest absolute Gasteiger partial charge is 0.259 e. The van der Waals surface area contributed by atoms with Crippen molar-refractivity contribution in [3.05, 3.63) is 77.5 Å². The van der Waals surface area contributed by atoms with E-state index in [0.717, 1.165) is 16.7 Å². The Morgan fingerprint density at radius 2 is 1.74 bits per heavy atom. The first-order valence-electron chi connectivity index (χ1n) is 9.16. The molecule has 2 heterocycles. The Labute approximate surface area is 158 Å². The minimum Gasteiger partial charge on any atom is -0.385 e. The Morgan fingerprint density at radius 3 is 2.41 bits per heavy atom. The molecule has 5 nitrogen and oxygen atoms in total. The second-order valence-electron chi connectivity index (χ2n) is 7.12. The van der Waals surface area contributed by atoms with Crippen LogP contribution in [0.5, 0.6) is 0 Å². The van der Waals surface area contributed by atoms with Crippen LogP contribution in [0.15, 0.2) is 65.3 Å². The number of likely N-dealkylation sites (tertiary alicyclic amines) is 1. The Hall–Kier alpha value is -2.92. The first kappa shape index (κ1) is 17.5. The van der Waals surface area contributed by atoms with Crippen molar-refractivity contribution in [1.82, 2.24) is 10.1 Å². The Morgan fingerprint density at radius 1 is 1.07 bits per heavy atom. The molecule has 0 bridgehead atoms. The summed E-state index contributed by atoms with van der Waals surface area (Å²) in [6.07, 6.45) is 2.50. The molecule has 2 aromatic carbocycles. The summed E-state index contributed by atoms with van der Waals surface area (Å²) in [5.74, 6) is 0.380. The fraction of sp³-hybridized carbons (Fsp3) is 0.273. The van der Waals surface area contributed by atoms with E-state index >= 15 is 0 Å². The van der Waals surface area contributed by atoms with Crippen molar-refractivity contribution in [2.75, 3.05) is 13.1 Å². The maximum Gasteiger partial charge on any atom is 0.259 e. The minimum atomic E-state index is -0.882. The van der Waals surface area contributed by atoms with Gasteiger partial charge in [0.25, 0.3) is 5.91 Å². The molecule has 1 N–H and O–H groups in total. The first-order valence-corrected chi connectivity index (χ1v) is 9.16. The standard InChI is InChI=1S/C22H22N2O3/c1-16-7-9-17(10-8-16)20-19(15-23-27-20)21(25)24-13-11-22(26,12-14-24)18-5-3-2-4-6-18/h2-10,15,26H,11-14H2,1H3. The topological polar surface area (TPSA) is 66.6 Å². The molecule has 3 aromatic rings. The number of carbonyl (C=O) groups excluding carboxylic acids is 1. The van der Waals surface area contributed by atoms with Crippen LogP contribution in [0.3, 0.4) is 0 Å².